The normalized spacial score (nSPS) is 24.8. The van der Waals surface area contributed by atoms with Gasteiger partial charge in [0.25, 0.3) is 11.8 Å². The van der Waals surface area contributed by atoms with Gasteiger partial charge in [-0.1, -0.05) is 19.1 Å². The summed E-state index contributed by atoms with van der Waals surface area (Å²) in [5, 5.41) is 2.33. The first-order chi connectivity index (χ1) is 16.1. The molecule has 1 fully saturated rings. The molecule has 190 valence electrons. The lowest BCUT2D eigenvalue weighted by Gasteiger charge is -2.32. The average molecular weight is 505 g/mol. The molecule has 1 aliphatic heterocycles. The van der Waals surface area contributed by atoms with Gasteiger partial charge in [-0.15, -0.1) is 0 Å². The number of carbonyl (C=O) groups is 2. The number of nitrogens with one attached hydrogen (secondary N) is 1. The Balaban J connectivity index is 2.11. The molecule has 2 amide bonds. The van der Waals surface area contributed by atoms with Crippen LogP contribution in [0.1, 0.15) is 41.4 Å². The third kappa shape index (κ3) is 4.77. The van der Waals surface area contributed by atoms with E-state index in [1.807, 2.05) is 0 Å². The first-order valence-electron chi connectivity index (χ1n) is 10.2. The Morgan fingerprint density at radius 2 is 1.83 bits per heavy atom. The minimum atomic E-state index is -4.95. The van der Waals surface area contributed by atoms with Crippen molar-refractivity contribution in [2.24, 2.45) is 11.7 Å². The Kier molecular flexibility index (Phi) is 6.77. The molecular formula is C22H21F6N3O4. The fourth-order valence-electron chi connectivity index (χ4n) is 4.15. The lowest BCUT2D eigenvalue weighted by molar-refractivity contribution is -0.272. The Labute approximate surface area is 195 Å². The Morgan fingerprint density at radius 3 is 2.37 bits per heavy atom. The largest absolute Gasteiger partial charge is 0.496 e. The molecule has 3 rings (SSSR count). The maximum absolute atomic E-state index is 14.0. The molecule has 1 aromatic carbocycles. The second-order valence-electron chi connectivity index (χ2n) is 8.17. The highest BCUT2D eigenvalue weighted by Gasteiger charge is 2.66. The van der Waals surface area contributed by atoms with Crippen LogP contribution < -0.4 is 15.8 Å². The number of benzene rings is 1. The number of anilines is 1. The highest BCUT2D eigenvalue weighted by atomic mass is 19.4. The van der Waals surface area contributed by atoms with Crippen LogP contribution >= 0.6 is 0 Å². The first-order valence-corrected chi connectivity index (χ1v) is 10.2. The summed E-state index contributed by atoms with van der Waals surface area (Å²) in [6.07, 6.45) is -10.5. The zero-order valence-corrected chi connectivity index (χ0v) is 18.6. The van der Waals surface area contributed by atoms with Crippen LogP contribution in [0.4, 0.5) is 32.0 Å². The van der Waals surface area contributed by atoms with Crippen molar-refractivity contribution in [2.75, 3.05) is 12.4 Å². The molecule has 0 bridgehead atoms. The highest BCUT2D eigenvalue weighted by molar-refractivity contribution is 5.97. The van der Waals surface area contributed by atoms with E-state index < -0.39 is 59.0 Å². The van der Waals surface area contributed by atoms with Crippen LogP contribution in [0.2, 0.25) is 0 Å². The smallest absolute Gasteiger partial charge is 0.419 e. The topological polar surface area (TPSA) is 104 Å². The molecule has 13 heteroatoms. The van der Waals surface area contributed by atoms with E-state index in [2.05, 4.69) is 10.3 Å². The molecule has 3 N–H and O–H groups in total. The Bertz CT molecular complexity index is 1140. The van der Waals surface area contributed by atoms with E-state index >= 15 is 0 Å². The molecule has 1 aliphatic rings. The van der Waals surface area contributed by atoms with Crippen molar-refractivity contribution in [2.45, 2.75) is 43.8 Å². The van der Waals surface area contributed by atoms with E-state index in [4.69, 9.17) is 15.2 Å². The summed E-state index contributed by atoms with van der Waals surface area (Å²) in [4.78, 5) is 28.2. The van der Waals surface area contributed by atoms with E-state index in [0.29, 0.717) is 0 Å². The molecule has 0 spiro atoms. The number of aromatic nitrogens is 1. The molecule has 0 radical (unpaired) electrons. The third-order valence-electron chi connectivity index (χ3n) is 6.12. The van der Waals surface area contributed by atoms with Gasteiger partial charge in [0.05, 0.1) is 12.7 Å². The molecule has 0 unspecified atom stereocenters. The van der Waals surface area contributed by atoms with Crippen molar-refractivity contribution in [1.29, 1.82) is 0 Å². The highest BCUT2D eigenvalue weighted by Crippen LogP contribution is 2.55. The number of ether oxygens (including phenoxy) is 2. The van der Waals surface area contributed by atoms with Gasteiger partial charge in [-0.3, -0.25) is 14.6 Å². The number of primary amides is 1. The van der Waals surface area contributed by atoms with Crippen LogP contribution in [0.3, 0.4) is 0 Å². The second-order valence-corrected chi connectivity index (χ2v) is 8.17. The summed E-state index contributed by atoms with van der Waals surface area (Å²) >= 11 is 0. The molecule has 0 aliphatic carbocycles. The van der Waals surface area contributed by atoms with Crippen LogP contribution in [0.5, 0.6) is 5.75 Å². The number of nitrogens with zero attached hydrogens (tertiary/aromatic N) is 1. The summed E-state index contributed by atoms with van der Waals surface area (Å²) in [7, 11) is 0.953. The number of pyridine rings is 1. The van der Waals surface area contributed by atoms with Crippen molar-refractivity contribution < 1.29 is 45.4 Å². The molecule has 7 nitrogen and oxygen atoms in total. The van der Waals surface area contributed by atoms with Crippen molar-refractivity contribution in [3.63, 3.8) is 0 Å². The minimum absolute atomic E-state index is 0.0228. The van der Waals surface area contributed by atoms with Gasteiger partial charge in [-0.05, 0) is 25.1 Å². The number of hydrogen-bond donors (Lipinski definition) is 2. The lowest BCUT2D eigenvalue weighted by atomic mass is 9.76. The lowest BCUT2D eigenvalue weighted by Crippen LogP contribution is -2.47. The monoisotopic (exact) mass is 505 g/mol. The average Bonchev–Trinajstić information content (AvgIpc) is 3.04. The molecule has 1 saturated heterocycles. The summed E-state index contributed by atoms with van der Waals surface area (Å²) in [6.45, 7) is 1.87. The molecule has 2 heterocycles. The molecule has 4 atom stereocenters. The van der Waals surface area contributed by atoms with Crippen molar-refractivity contribution >= 4 is 17.5 Å². The van der Waals surface area contributed by atoms with E-state index in [-0.39, 0.29) is 16.9 Å². The number of halogens is 6. The minimum Gasteiger partial charge on any atom is -0.496 e. The number of nitrogens with two attached hydrogens (primary N) is 1. The number of methoxy groups -OCH3 is 1. The fraction of sp³-hybridized carbons (Fsp3) is 0.409. The summed E-state index contributed by atoms with van der Waals surface area (Å²) in [5.74, 6) is -5.66. The number of alkyl halides is 6. The SMILES string of the molecule is COc1c([C@H]2[C@@H](C)[C@@](C)(C(F)(F)F)O[C@H]2C(=O)Nc2ccnc(C(N)=O)c2)cccc1C(F)(F)F. The Morgan fingerprint density at radius 1 is 1.17 bits per heavy atom. The van der Waals surface area contributed by atoms with Crippen LogP contribution in [0.25, 0.3) is 0 Å². The van der Waals surface area contributed by atoms with Gasteiger partial charge in [0.15, 0.2) is 5.60 Å². The third-order valence-corrected chi connectivity index (χ3v) is 6.12. The molecule has 0 saturated carbocycles. The van der Waals surface area contributed by atoms with Crippen molar-refractivity contribution in [3.05, 3.63) is 53.3 Å². The van der Waals surface area contributed by atoms with Gasteiger partial charge in [0.2, 0.25) is 0 Å². The predicted molar refractivity (Wildman–Crippen MR) is 111 cm³/mol. The van der Waals surface area contributed by atoms with Gasteiger partial charge in [-0.2, -0.15) is 26.3 Å². The van der Waals surface area contributed by atoms with Crippen molar-refractivity contribution in [3.8, 4) is 5.75 Å². The van der Waals surface area contributed by atoms with E-state index in [1.54, 1.807) is 0 Å². The Hall–Kier alpha value is -3.35. The number of carbonyl (C=O) groups excluding carboxylic acids is 2. The second kappa shape index (κ2) is 9.02. The zero-order valence-electron chi connectivity index (χ0n) is 18.6. The van der Waals surface area contributed by atoms with E-state index in [9.17, 15) is 35.9 Å². The van der Waals surface area contributed by atoms with Gasteiger partial charge in [-0.25, -0.2) is 0 Å². The van der Waals surface area contributed by atoms with Crippen LogP contribution in [0, 0.1) is 5.92 Å². The van der Waals surface area contributed by atoms with Gasteiger partial charge >= 0.3 is 12.4 Å². The maximum atomic E-state index is 14.0. The van der Waals surface area contributed by atoms with Crippen LogP contribution in [-0.2, 0) is 15.7 Å². The summed E-state index contributed by atoms with van der Waals surface area (Å²) < 4.78 is 93.0. The number of rotatable bonds is 5. The number of amides is 2. The molecule has 2 aromatic rings. The van der Waals surface area contributed by atoms with E-state index in [1.165, 1.54) is 12.1 Å². The zero-order chi connectivity index (χ0) is 26.3. The molecule has 35 heavy (non-hydrogen) atoms. The quantitative estimate of drug-likeness (QED) is 0.591. The van der Waals surface area contributed by atoms with Gasteiger partial charge in [0, 0.05) is 29.3 Å². The summed E-state index contributed by atoms with van der Waals surface area (Å²) in [6, 6.07) is 5.27. The number of para-hydroxylation sites is 1. The van der Waals surface area contributed by atoms with Crippen LogP contribution in [-0.4, -0.2) is 41.8 Å². The van der Waals surface area contributed by atoms with Gasteiger partial charge < -0.3 is 20.5 Å². The fourth-order valence-corrected chi connectivity index (χ4v) is 4.15. The van der Waals surface area contributed by atoms with Crippen LogP contribution in [0.15, 0.2) is 36.5 Å². The standard InChI is InChI=1S/C22H21F6N3O4/c1-10-15(12-5-4-6-13(16(12)34-3)21(23,24)25)17(35-20(10,2)22(26,27)28)19(33)31-11-7-8-30-14(9-11)18(29)32/h4-10,15,17H,1-3H3,(H2,29,32)(H,30,31,33)/t10-,15-,17-,20+/m1/s1. The first kappa shape index (κ1) is 26.3. The summed E-state index contributed by atoms with van der Waals surface area (Å²) in [5.41, 5.74) is 0.564. The predicted octanol–water partition coefficient (Wildman–Crippen LogP) is 4.29. The van der Waals surface area contributed by atoms with Crippen molar-refractivity contribution in [1.82, 2.24) is 4.98 Å². The number of hydrogen-bond acceptors (Lipinski definition) is 5. The molecule has 1 aromatic heterocycles. The van der Waals surface area contributed by atoms with E-state index in [0.717, 1.165) is 45.4 Å². The maximum Gasteiger partial charge on any atom is 0.419 e. The van der Waals surface area contributed by atoms with Gasteiger partial charge in [0.1, 0.15) is 17.5 Å². The molecular weight excluding hydrogens is 484 g/mol.